The standard InChI is InChI=1S/C13H26N2/c1-3-12-10-15(11(2)8-9-14-12)13-6-4-5-7-13/h11-14H,3-10H2,1-2H3. The van der Waals surface area contributed by atoms with E-state index in [-0.39, 0.29) is 0 Å². The number of nitrogens with zero attached hydrogens (tertiary/aromatic N) is 1. The Labute approximate surface area is 94.4 Å². The van der Waals surface area contributed by atoms with E-state index in [0.717, 1.165) is 18.1 Å². The van der Waals surface area contributed by atoms with Gasteiger partial charge < -0.3 is 5.32 Å². The van der Waals surface area contributed by atoms with Crippen LogP contribution in [0.5, 0.6) is 0 Å². The first-order valence-electron chi connectivity index (χ1n) is 6.80. The van der Waals surface area contributed by atoms with Crippen LogP contribution in [-0.2, 0) is 0 Å². The third kappa shape index (κ3) is 2.73. The van der Waals surface area contributed by atoms with Crippen molar-refractivity contribution < 1.29 is 0 Å². The molecule has 1 saturated carbocycles. The highest BCUT2D eigenvalue weighted by atomic mass is 15.2. The molecule has 2 aliphatic rings. The highest BCUT2D eigenvalue weighted by molar-refractivity contribution is 4.87. The lowest BCUT2D eigenvalue weighted by atomic mass is 10.1. The lowest BCUT2D eigenvalue weighted by Crippen LogP contribution is -2.44. The fraction of sp³-hybridized carbons (Fsp3) is 1.00. The van der Waals surface area contributed by atoms with Crippen LogP contribution < -0.4 is 5.32 Å². The zero-order valence-electron chi connectivity index (χ0n) is 10.3. The van der Waals surface area contributed by atoms with E-state index in [0.29, 0.717) is 0 Å². The minimum Gasteiger partial charge on any atom is -0.313 e. The van der Waals surface area contributed by atoms with Gasteiger partial charge in [0.2, 0.25) is 0 Å². The monoisotopic (exact) mass is 210 g/mol. The summed E-state index contributed by atoms with van der Waals surface area (Å²) in [5.41, 5.74) is 0. The Balaban J connectivity index is 1.98. The van der Waals surface area contributed by atoms with E-state index in [4.69, 9.17) is 0 Å². The van der Waals surface area contributed by atoms with Crippen LogP contribution in [0.4, 0.5) is 0 Å². The van der Waals surface area contributed by atoms with Gasteiger partial charge in [-0.25, -0.2) is 0 Å². The van der Waals surface area contributed by atoms with Gasteiger partial charge in [-0.2, -0.15) is 0 Å². The van der Waals surface area contributed by atoms with E-state index < -0.39 is 0 Å². The van der Waals surface area contributed by atoms with Crippen molar-refractivity contribution in [2.24, 2.45) is 0 Å². The maximum absolute atomic E-state index is 3.67. The van der Waals surface area contributed by atoms with Gasteiger partial charge in [0.05, 0.1) is 0 Å². The number of rotatable bonds is 2. The molecular weight excluding hydrogens is 184 g/mol. The molecule has 0 bridgehead atoms. The molecule has 1 heterocycles. The van der Waals surface area contributed by atoms with E-state index in [9.17, 15) is 0 Å². The van der Waals surface area contributed by atoms with Crippen LogP contribution in [0.25, 0.3) is 0 Å². The molecule has 0 amide bonds. The second kappa shape index (κ2) is 5.31. The number of hydrogen-bond acceptors (Lipinski definition) is 2. The Hall–Kier alpha value is -0.0800. The van der Waals surface area contributed by atoms with E-state index in [2.05, 4.69) is 24.1 Å². The zero-order valence-corrected chi connectivity index (χ0v) is 10.3. The summed E-state index contributed by atoms with van der Waals surface area (Å²) in [6, 6.07) is 2.42. The summed E-state index contributed by atoms with van der Waals surface area (Å²) in [6.45, 7) is 7.21. The minimum absolute atomic E-state index is 0.732. The molecule has 2 rings (SSSR count). The molecule has 2 nitrogen and oxygen atoms in total. The van der Waals surface area contributed by atoms with E-state index >= 15 is 0 Å². The number of nitrogens with one attached hydrogen (secondary N) is 1. The van der Waals surface area contributed by atoms with Gasteiger partial charge in [-0.1, -0.05) is 19.8 Å². The molecule has 2 unspecified atom stereocenters. The Morgan fingerprint density at radius 3 is 2.60 bits per heavy atom. The van der Waals surface area contributed by atoms with Crippen molar-refractivity contribution in [3.8, 4) is 0 Å². The van der Waals surface area contributed by atoms with E-state index in [1.165, 1.54) is 51.6 Å². The smallest absolute Gasteiger partial charge is 0.0192 e. The van der Waals surface area contributed by atoms with Crippen molar-refractivity contribution in [2.75, 3.05) is 13.1 Å². The molecule has 1 aliphatic carbocycles. The summed E-state index contributed by atoms with van der Waals surface area (Å²) < 4.78 is 0. The maximum atomic E-state index is 3.67. The largest absolute Gasteiger partial charge is 0.313 e. The predicted molar refractivity (Wildman–Crippen MR) is 65.1 cm³/mol. The molecular formula is C13H26N2. The average molecular weight is 210 g/mol. The van der Waals surface area contributed by atoms with Gasteiger partial charge in [0.25, 0.3) is 0 Å². The van der Waals surface area contributed by atoms with Crippen LogP contribution in [0, 0.1) is 0 Å². The van der Waals surface area contributed by atoms with Gasteiger partial charge in [0.1, 0.15) is 0 Å². The van der Waals surface area contributed by atoms with E-state index in [1.807, 2.05) is 0 Å². The molecule has 0 radical (unpaired) electrons. The Bertz CT molecular complexity index is 187. The molecule has 0 aromatic carbocycles. The molecule has 2 heteroatoms. The van der Waals surface area contributed by atoms with Crippen LogP contribution in [-0.4, -0.2) is 36.1 Å². The van der Waals surface area contributed by atoms with Crippen molar-refractivity contribution in [1.82, 2.24) is 10.2 Å². The van der Waals surface area contributed by atoms with E-state index in [1.54, 1.807) is 0 Å². The molecule has 88 valence electrons. The molecule has 2 atom stereocenters. The van der Waals surface area contributed by atoms with Gasteiger partial charge in [0.15, 0.2) is 0 Å². The Morgan fingerprint density at radius 1 is 1.20 bits per heavy atom. The van der Waals surface area contributed by atoms with Crippen molar-refractivity contribution in [1.29, 1.82) is 0 Å². The van der Waals surface area contributed by atoms with Gasteiger partial charge in [-0.05, 0) is 39.2 Å². The SMILES string of the molecule is CCC1CN(C2CCCC2)C(C)CCN1. The maximum Gasteiger partial charge on any atom is 0.0192 e. The quantitative estimate of drug-likeness (QED) is 0.753. The highest BCUT2D eigenvalue weighted by Gasteiger charge is 2.29. The molecule has 0 spiro atoms. The minimum atomic E-state index is 0.732. The van der Waals surface area contributed by atoms with Crippen molar-refractivity contribution in [3.05, 3.63) is 0 Å². The molecule has 1 N–H and O–H groups in total. The first-order chi connectivity index (χ1) is 7.31. The first kappa shape index (κ1) is 11.4. The highest BCUT2D eigenvalue weighted by Crippen LogP contribution is 2.27. The van der Waals surface area contributed by atoms with Crippen molar-refractivity contribution in [2.45, 2.75) is 70.5 Å². The lowest BCUT2D eigenvalue weighted by Gasteiger charge is -2.34. The average Bonchev–Trinajstić information content (AvgIpc) is 2.69. The zero-order chi connectivity index (χ0) is 10.7. The van der Waals surface area contributed by atoms with Gasteiger partial charge in [0, 0.05) is 24.7 Å². The van der Waals surface area contributed by atoms with Crippen molar-refractivity contribution in [3.63, 3.8) is 0 Å². The Kier molecular flexibility index (Phi) is 4.04. The normalized spacial score (nSPS) is 35.6. The molecule has 1 aliphatic heterocycles. The van der Waals surface area contributed by atoms with Crippen LogP contribution in [0.3, 0.4) is 0 Å². The summed E-state index contributed by atoms with van der Waals surface area (Å²) >= 11 is 0. The Morgan fingerprint density at radius 2 is 1.93 bits per heavy atom. The third-order valence-electron chi connectivity index (χ3n) is 4.28. The van der Waals surface area contributed by atoms with Crippen LogP contribution in [0.1, 0.15) is 52.4 Å². The van der Waals surface area contributed by atoms with Crippen molar-refractivity contribution >= 4 is 0 Å². The topological polar surface area (TPSA) is 15.3 Å². The second-order valence-electron chi connectivity index (χ2n) is 5.33. The summed E-state index contributed by atoms with van der Waals surface area (Å²) in [7, 11) is 0. The van der Waals surface area contributed by atoms with Crippen LogP contribution >= 0.6 is 0 Å². The summed E-state index contributed by atoms with van der Waals surface area (Å²) in [5.74, 6) is 0. The van der Waals surface area contributed by atoms with Gasteiger partial charge >= 0.3 is 0 Å². The summed E-state index contributed by atoms with van der Waals surface area (Å²) in [5, 5.41) is 3.67. The van der Waals surface area contributed by atoms with Gasteiger partial charge in [-0.15, -0.1) is 0 Å². The number of hydrogen-bond donors (Lipinski definition) is 1. The molecule has 15 heavy (non-hydrogen) atoms. The summed E-state index contributed by atoms with van der Waals surface area (Å²) in [4.78, 5) is 2.79. The molecule has 2 fully saturated rings. The van der Waals surface area contributed by atoms with Crippen LogP contribution in [0.2, 0.25) is 0 Å². The fourth-order valence-electron chi connectivity index (χ4n) is 3.18. The van der Waals surface area contributed by atoms with Gasteiger partial charge in [-0.3, -0.25) is 4.90 Å². The molecule has 0 aromatic heterocycles. The molecule has 1 saturated heterocycles. The molecule has 0 aromatic rings. The summed E-state index contributed by atoms with van der Waals surface area (Å²) in [6.07, 6.45) is 8.40. The third-order valence-corrected chi connectivity index (χ3v) is 4.28. The second-order valence-corrected chi connectivity index (χ2v) is 5.33. The first-order valence-corrected chi connectivity index (χ1v) is 6.80. The fourth-order valence-corrected chi connectivity index (χ4v) is 3.18. The lowest BCUT2D eigenvalue weighted by molar-refractivity contribution is 0.141. The predicted octanol–water partition coefficient (Wildman–Crippen LogP) is 2.39. The van der Waals surface area contributed by atoms with Crippen LogP contribution in [0.15, 0.2) is 0 Å².